The molecule has 1 rings (SSSR count). The number of anilines is 1. The van der Waals surface area contributed by atoms with Crippen LogP contribution in [-0.2, 0) is 0 Å². The van der Waals surface area contributed by atoms with E-state index in [4.69, 9.17) is 0 Å². The summed E-state index contributed by atoms with van der Waals surface area (Å²) in [7, 11) is 1.93. The molecule has 0 aliphatic rings. The van der Waals surface area contributed by atoms with Gasteiger partial charge in [0.15, 0.2) is 0 Å². The molecule has 1 aromatic rings. The molecule has 0 spiro atoms. The Balaban J connectivity index is 2.58. The number of hydrogen-bond acceptors (Lipinski definition) is 1. The van der Waals surface area contributed by atoms with Gasteiger partial charge in [-0.15, -0.1) is 0 Å². The Morgan fingerprint density at radius 3 is 2.46 bits per heavy atom. The summed E-state index contributed by atoms with van der Waals surface area (Å²) in [6, 6.07) is 8.42. The molecule has 1 N–H and O–H groups in total. The van der Waals surface area contributed by atoms with Gasteiger partial charge in [0.05, 0.1) is 0 Å². The van der Waals surface area contributed by atoms with E-state index in [1.807, 2.05) is 7.05 Å². The SMILES string of the molecule is CCC/C=C/c1ccc(NC)cc1. The first kappa shape index (κ1) is 9.85. The molecule has 1 nitrogen and oxygen atoms in total. The van der Waals surface area contributed by atoms with Gasteiger partial charge in [0.1, 0.15) is 0 Å². The standard InChI is InChI=1S/C12H17N/c1-3-4-5-6-11-7-9-12(13-2)10-8-11/h5-10,13H,3-4H2,1-2H3/b6-5+. The summed E-state index contributed by atoms with van der Waals surface area (Å²) in [5, 5.41) is 3.10. The predicted molar refractivity (Wildman–Crippen MR) is 59.9 cm³/mol. The summed E-state index contributed by atoms with van der Waals surface area (Å²) in [4.78, 5) is 0. The minimum Gasteiger partial charge on any atom is -0.388 e. The van der Waals surface area contributed by atoms with Crippen molar-refractivity contribution in [3.05, 3.63) is 35.9 Å². The summed E-state index contributed by atoms with van der Waals surface area (Å²) in [6.07, 6.45) is 6.76. The zero-order valence-corrected chi connectivity index (χ0v) is 8.38. The fourth-order valence-electron chi connectivity index (χ4n) is 1.15. The van der Waals surface area contributed by atoms with Gasteiger partial charge in [-0.1, -0.05) is 37.6 Å². The summed E-state index contributed by atoms with van der Waals surface area (Å²) >= 11 is 0. The van der Waals surface area contributed by atoms with Crippen molar-refractivity contribution in [2.45, 2.75) is 19.8 Å². The molecule has 0 fully saturated rings. The lowest BCUT2D eigenvalue weighted by atomic mass is 10.2. The van der Waals surface area contributed by atoms with Crippen LogP contribution in [0, 0.1) is 0 Å². The van der Waals surface area contributed by atoms with Gasteiger partial charge in [-0.05, 0) is 24.1 Å². The highest BCUT2D eigenvalue weighted by Crippen LogP contribution is 2.10. The Kier molecular flexibility index (Phi) is 4.10. The second kappa shape index (κ2) is 5.41. The Morgan fingerprint density at radius 2 is 1.92 bits per heavy atom. The van der Waals surface area contributed by atoms with Gasteiger partial charge < -0.3 is 5.32 Å². The molecule has 0 saturated heterocycles. The van der Waals surface area contributed by atoms with Gasteiger partial charge in [-0.3, -0.25) is 0 Å². The number of benzene rings is 1. The first-order valence-corrected chi connectivity index (χ1v) is 4.81. The molecule has 1 heteroatoms. The third-order valence-corrected chi connectivity index (χ3v) is 1.97. The van der Waals surface area contributed by atoms with Crippen molar-refractivity contribution in [3.8, 4) is 0 Å². The average molecular weight is 175 g/mol. The number of allylic oxidation sites excluding steroid dienone is 1. The Bertz CT molecular complexity index is 259. The van der Waals surface area contributed by atoms with Crippen molar-refractivity contribution in [2.75, 3.05) is 12.4 Å². The van der Waals surface area contributed by atoms with Crippen molar-refractivity contribution in [1.82, 2.24) is 0 Å². The van der Waals surface area contributed by atoms with E-state index >= 15 is 0 Å². The van der Waals surface area contributed by atoms with E-state index < -0.39 is 0 Å². The van der Waals surface area contributed by atoms with E-state index in [1.165, 1.54) is 12.0 Å². The minimum atomic E-state index is 1.16. The van der Waals surface area contributed by atoms with Crippen molar-refractivity contribution in [2.24, 2.45) is 0 Å². The molecule has 13 heavy (non-hydrogen) atoms. The first-order chi connectivity index (χ1) is 6.36. The lowest BCUT2D eigenvalue weighted by Gasteiger charge is -1.99. The van der Waals surface area contributed by atoms with Crippen molar-refractivity contribution in [3.63, 3.8) is 0 Å². The molecule has 0 atom stereocenters. The highest BCUT2D eigenvalue weighted by atomic mass is 14.8. The largest absolute Gasteiger partial charge is 0.388 e. The topological polar surface area (TPSA) is 12.0 Å². The minimum absolute atomic E-state index is 1.16. The summed E-state index contributed by atoms with van der Waals surface area (Å²) in [5.41, 5.74) is 2.43. The zero-order valence-electron chi connectivity index (χ0n) is 8.38. The van der Waals surface area contributed by atoms with Gasteiger partial charge in [0.25, 0.3) is 0 Å². The molecule has 0 aliphatic carbocycles. The van der Waals surface area contributed by atoms with Crippen LogP contribution in [0.15, 0.2) is 30.3 Å². The molecule has 0 saturated carbocycles. The lowest BCUT2D eigenvalue weighted by molar-refractivity contribution is 0.962. The molecule has 1 aromatic carbocycles. The molecule has 70 valence electrons. The lowest BCUT2D eigenvalue weighted by Crippen LogP contribution is -1.86. The third kappa shape index (κ3) is 3.32. The van der Waals surface area contributed by atoms with E-state index in [0.717, 1.165) is 12.1 Å². The molecule has 0 amide bonds. The molecule has 0 unspecified atom stereocenters. The maximum atomic E-state index is 3.10. The summed E-state index contributed by atoms with van der Waals surface area (Å²) < 4.78 is 0. The van der Waals surface area contributed by atoms with Gasteiger partial charge in [0, 0.05) is 12.7 Å². The van der Waals surface area contributed by atoms with Crippen LogP contribution in [0.3, 0.4) is 0 Å². The van der Waals surface area contributed by atoms with Gasteiger partial charge in [-0.25, -0.2) is 0 Å². The molecule has 0 heterocycles. The molecular formula is C12H17N. The van der Waals surface area contributed by atoms with E-state index in [0.29, 0.717) is 0 Å². The van der Waals surface area contributed by atoms with Crippen LogP contribution < -0.4 is 5.32 Å². The normalized spacial score (nSPS) is 10.6. The van der Waals surface area contributed by atoms with Crippen LogP contribution in [0.1, 0.15) is 25.3 Å². The van der Waals surface area contributed by atoms with Crippen LogP contribution in [0.25, 0.3) is 6.08 Å². The van der Waals surface area contributed by atoms with Crippen LogP contribution in [0.4, 0.5) is 5.69 Å². The number of nitrogens with one attached hydrogen (secondary N) is 1. The monoisotopic (exact) mass is 175 g/mol. The van der Waals surface area contributed by atoms with Gasteiger partial charge in [0.2, 0.25) is 0 Å². The number of unbranched alkanes of at least 4 members (excludes halogenated alkanes) is 1. The van der Waals surface area contributed by atoms with Crippen LogP contribution >= 0.6 is 0 Å². The third-order valence-electron chi connectivity index (χ3n) is 1.97. The average Bonchev–Trinajstić information content (AvgIpc) is 2.19. The van der Waals surface area contributed by atoms with Crippen molar-refractivity contribution >= 4 is 11.8 Å². The number of hydrogen-bond donors (Lipinski definition) is 1. The van der Waals surface area contributed by atoms with Crippen LogP contribution in [0.5, 0.6) is 0 Å². The number of rotatable bonds is 4. The van der Waals surface area contributed by atoms with E-state index in [9.17, 15) is 0 Å². The zero-order chi connectivity index (χ0) is 9.52. The quantitative estimate of drug-likeness (QED) is 0.738. The van der Waals surface area contributed by atoms with Crippen LogP contribution in [0.2, 0.25) is 0 Å². The van der Waals surface area contributed by atoms with Gasteiger partial charge >= 0.3 is 0 Å². The predicted octanol–water partition coefficient (Wildman–Crippen LogP) is 3.54. The van der Waals surface area contributed by atoms with Crippen LogP contribution in [-0.4, -0.2) is 7.05 Å². The smallest absolute Gasteiger partial charge is 0.0337 e. The Labute approximate surface area is 80.5 Å². The highest BCUT2D eigenvalue weighted by Gasteiger charge is 1.87. The summed E-state index contributed by atoms with van der Waals surface area (Å²) in [5.74, 6) is 0. The highest BCUT2D eigenvalue weighted by molar-refractivity contribution is 5.54. The van der Waals surface area contributed by atoms with Gasteiger partial charge in [-0.2, -0.15) is 0 Å². The fraction of sp³-hybridized carbons (Fsp3) is 0.333. The molecule has 0 aliphatic heterocycles. The summed E-state index contributed by atoms with van der Waals surface area (Å²) in [6.45, 7) is 2.19. The maximum Gasteiger partial charge on any atom is 0.0337 e. The second-order valence-electron chi connectivity index (χ2n) is 3.06. The Morgan fingerprint density at radius 1 is 1.23 bits per heavy atom. The fourth-order valence-corrected chi connectivity index (χ4v) is 1.15. The first-order valence-electron chi connectivity index (χ1n) is 4.81. The maximum absolute atomic E-state index is 3.10. The molecular weight excluding hydrogens is 158 g/mol. The molecule has 0 aromatic heterocycles. The molecule has 0 bridgehead atoms. The van der Waals surface area contributed by atoms with E-state index in [-0.39, 0.29) is 0 Å². The second-order valence-corrected chi connectivity index (χ2v) is 3.06. The van der Waals surface area contributed by atoms with E-state index in [1.54, 1.807) is 0 Å². The molecule has 0 radical (unpaired) electrons. The van der Waals surface area contributed by atoms with Crippen molar-refractivity contribution < 1.29 is 0 Å². The Hall–Kier alpha value is -1.24. The van der Waals surface area contributed by atoms with E-state index in [2.05, 4.69) is 48.7 Å². The van der Waals surface area contributed by atoms with Crippen molar-refractivity contribution in [1.29, 1.82) is 0 Å².